The molecule has 35 heavy (non-hydrogen) atoms. The van der Waals surface area contributed by atoms with Gasteiger partial charge in [-0.15, -0.1) is 21.5 Å². The lowest BCUT2D eigenvalue weighted by atomic mass is 10.1. The summed E-state index contributed by atoms with van der Waals surface area (Å²) >= 11 is 1.58. The first kappa shape index (κ1) is 21.1. The highest BCUT2D eigenvalue weighted by Crippen LogP contribution is 2.35. The molecule has 1 N–H and O–H groups in total. The molecule has 0 saturated heterocycles. The number of benzene rings is 2. The number of hydrogen-bond donors (Lipinski definition) is 1. The average molecular weight is 486 g/mol. The molecule has 1 amide bonds. The van der Waals surface area contributed by atoms with Gasteiger partial charge in [0.05, 0.1) is 10.6 Å². The van der Waals surface area contributed by atoms with Crippen LogP contribution in [0.2, 0.25) is 0 Å². The number of nitrogens with zero attached hydrogens (tertiary/aromatic N) is 4. The number of nitrogens with one attached hydrogen (secondary N) is 1. The number of hydrogen-bond acceptors (Lipinski definition) is 8. The molecule has 1 atom stereocenters. The van der Waals surface area contributed by atoms with Crippen LogP contribution in [-0.4, -0.2) is 38.6 Å². The van der Waals surface area contributed by atoms with E-state index in [4.69, 9.17) is 19.3 Å². The minimum absolute atomic E-state index is 0.180. The van der Waals surface area contributed by atoms with Gasteiger partial charge in [0.15, 0.2) is 29.1 Å². The van der Waals surface area contributed by atoms with Crippen molar-refractivity contribution in [2.75, 3.05) is 12.1 Å². The minimum Gasteiger partial charge on any atom is -0.481 e. The summed E-state index contributed by atoms with van der Waals surface area (Å²) in [5.74, 6) is 2.20. The second-order valence-corrected chi connectivity index (χ2v) is 8.78. The van der Waals surface area contributed by atoms with Crippen LogP contribution in [0.25, 0.3) is 27.6 Å². The van der Waals surface area contributed by atoms with Gasteiger partial charge in [0.25, 0.3) is 5.91 Å². The number of carbonyl (C=O) groups excluding carboxylic acids is 1. The second kappa shape index (κ2) is 8.73. The van der Waals surface area contributed by atoms with Crippen molar-refractivity contribution in [3.8, 4) is 39.2 Å². The van der Waals surface area contributed by atoms with E-state index in [0.29, 0.717) is 34.4 Å². The Kier molecular flexibility index (Phi) is 5.27. The van der Waals surface area contributed by atoms with E-state index in [-0.39, 0.29) is 12.7 Å². The molecule has 0 aliphatic carbocycles. The first-order valence-electron chi connectivity index (χ1n) is 10.9. The van der Waals surface area contributed by atoms with Gasteiger partial charge >= 0.3 is 0 Å². The van der Waals surface area contributed by atoms with Gasteiger partial charge in [-0.05, 0) is 54.8 Å². The summed E-state index contributed by atoms with van der Waals surface area (Å²) in [6, 6.07) is 20.4. The van der Waals surface area contributed by atoms with Gasteiger partial charge in [-0.3, -0.25) is 4.79 Å². The number of aromatic nitrogens is 4. The van der Waals surface area contributed by atoms with Gasteiger partial charge in [-0.2, -0.15) is 9.61 Å². The first-order valence-corrected chi connectivity index (χ1v) is 11.8. The van der Waals surface area contributed by atoms with E-state index in [1.54, 1.807) is 41.0 Å². The van der Waals surface area contributed by atoms with E-state index in [1.807, 2.05) is 53.9 Å². The van der Waals surface area contributed by atoms with E-state index in [2.05, 4.69) is 15.5 Å². The smallest absolute Gasteiger partial charge is 0.265 e. The van der Waals surface area contributed by atoms with Crippen LogP contribution in [0.1, 0.15) is 6.92 Å². The SMILES string of the molecule is CC(Oc1ccc2c(c1)OCO2)C(=O)Nc1cccc(-c2ccc3nnc(-c4cccs4)n3n2)c1. The van der Waals surface area contributed by atoms with Crippen LogP contribution in [-0.2, 0) is 4.79 Å². The molecule has 0 bridgehead atoms. The van der Waals surface area contributed by atoms with E-state index in [1.165, 1.54) is 0 Å². The van der Waals surface area contributed by atoms with Crippen LogP contribution in [0.3, 0.4) is 0 Å². The van der Waals surface area contributed by atoms with Crippen LogP contribution in [0, 0.1) is 0 Å². The lowest BCUT2D eigenvalue weighted by Gasteiger charge is -2.15. The summed E-state index contributed by atoms with van der Waals surface area (Å²) in [4.78, 5) is 13.8. The van der Waals surface area contributed by atoms with Crippen molar-refractivity contribution in [2.45, 2.75) is 13.0 Å². The van der Waals surface area contributed by atoms with E-state index in [9.17, 15) is 4.79 Å². The van der Waals surface area contributed by atoms with Crippen LogP contribution >= 0.6 is 11.3 Å². The summed E-state index contributed by atoms with van der Waals surface area (Å²) in [5.41, 5.74) is 2.88. The summed E-state index contributed by atoms with van der Waals surface area (Å²) in [5, 5.41) is 18.1. The van der Waals surface area contributed by atoms with Crippen molar-refractivity contribution in [2.24, 2.45) is 0 Å². The zero-order valence-corrected chi connectivity index (χ0v) is 19.4. The van der Waals surface area contributed by atoms with Gasteiger partial charge < -0.3 is 19.5 Å². The lowest BCUT2D eigenvalue weighted by Crippen LogP contribution is -2.30. The Labute approximate surface area is 203 Å². The second-order valence-electron chi connectivity index (χ2n) is 7.83. The van der Waals surface area contributed by atoms with E-state index in [0.717, 1.165) is 16.1 Å². The Morgan fingerprint density at radius 2 is 1.97 bits per heavy atom. The van der Waals surface area contributed by atoms with Crippen molar-refractivity contribution in [3.63, 3.8) is 0 Å². The Hall–Kier alpha value is -4.44. The zero-order valence-electron chi connectivity index (χ0n) is 18.5. The van der Waals surface area contributed by atoms with Gasteiger partial charge in [-0.1, -0.05) is 18.2 Å². The Balaban J connectivity index is 1.20. The monoisotopic (exact) mass is 485 g/mol. The Bertz CT molecular complexity index is 1530. The van der Waals surface area contributed by atoms with Crippen molar-refractivity contribution in [3.05, 3.63) is 72.1 Å². The fourth-order valence-electron chi connectivity index (χ4n) is 3.71. The number of amides is 1. The van der Waals surface area contributed by atoms with Gasteiger partial charge in [0, 0.05) is 17.3 Å². The molecule has 5 aromatic rings. The van der Waals surface area contributed by atoms with E-state index < -0.39 is 6.10 Å². The molecule has 0 fully saturated rings. The molecule has 0 spiro atoms. The number of rotatable bonds is 6. The standard InChI is InChI=1S/C25H19N5O4S/c1-15(34-18-7-9-20-21(13-18)33-14-32-20)25(31)26-17-5-2-4-16(12-17)19-8-10-23-27-28-24(30(23)29-19)22-6-3-11-35-22/h2-13,15H,14H2,1H3,(H,26,31). The highest BCUT2D eigenvalue weighted by Gasteiger charge is 2.19. The molecule has 2 aromatic carbocycles. The molecule has 174 valence electrons. The van der Waals surface area contributed by atoms with Crippen molar-refractivity contribution in [1.82, 2.24) is 19.8 Å². The number of ether oxygens (including phenoxy) is 3. The highest BCUT2D eigenvalue weighted by molar-refractivity contribution is 7.13. The third-order valence-corrected chi connectivity index (χ3v) is 6.32. The molecule has 0 radical (unpaired) electrons. The Morgan fingerprint density at radius 1 is 1.06 bits per heavy atom. The fraction of sp³-hybridized carbons (Fsp3) is 0.120. The maximum Gasteiger partial charge on any atom is 0.265 e. The molecule has 1 aliphatic rings. The molecular weight excluding hydrogens is 466 g/mol. The van der Waals surface area contributed by atoms with Crippen molar-refractivity contribution >= 4 is 28.6 Å². The van der Waals surface area contributed by atoms with Crippen LogP contribution < -0.4 is 19.5 Å². The molecular formula is C25H19N5O4S. The normalized spacial score (nSPS) is 13.1. The van der Waals surface area contributed by atoms with Crippen molar-refractivity contribution in [1.29, 1.82) is 0 Å². The third kappa shape index (κ3) is 4.15. The first-order chi connectivity index (χ1) is 17.1. The summed E-state index contributed by atoms with van der Waals surface area (Å²) in [6.07, 6.45) is -0.723. The molecule has 0 saturated carbocycles. The lowest BCUT2D eigenvalue weighted by molar-refractivity contribution is -0.122. The summed E-state index contributed by atoms with van der Waals surface area (Å²) in [6.45, 7) is 1.87. The van der Waals surface area contributed by atoms with Crippen LogP contribution in [0.15, 0.2) is 72.1 Å². The number of anilines is 1. The number of fused-ring (bicyclic) bond motifs is 2. The molecule has 1 unspecified atom stereocenters. The number of thiophene rings is 1. The quantitative estimate of drug-likeness (QED) is 0.374. The molecule has 3 aromatic heterocycles. The summed E-state index contributed by atoms with van der Waals surface area (Å²) < 4.78 is 18.2. The molecule has 10 heteroatoms. The van der Waals surface area contributed by atoms with Crippen LogP contribution in [0.4, 0.5) is 5.69 Å². The number of carbonyl (C=O) groups is 1. The maximum atomic E-state index is 12.8. The minimum atomic E-state index is -0.723. The zero-order chi connectivity index (χ0) is 23.8. The molecule has 6 rings (SSSR count). The molecule has 4 heterocycles. The Morgan fingerprint density at radius 3 is 2.86 bits per heavy atom. The predicted octanol–water partition coefficient (Wildman–Crippen LogP) is 4.65. The van der Waals surface area contributed by atoms with E-state index >= 15 is 0 Å². The van der Waals surface area contributed by atoms with Crippen LogP contribution in [0.5, 0.6) is 17.2 Å². The third-order valence-electron chi connectivity index (χ3n) is 5.46. The average Bonchev–Trinajstić information content (AvgIpc) is 3.64. The van der Waals surface area contributed by atoms with Gasteiger partial charge in [-0.25, -0.2) is 0 Å². The van der Waals surface area contributed by atoms with Gasteiger partial charge in [0.2, 0.25) is 6.79 Å². The molecule has 9 nitrogen and oxygen atoms in total. The molecule has 1 aliphatic heterocycles. The maximum absolute atomic E-state index is 12.8. The van der Waals surface area contributed by atoms with Crippen molar-refractivity contribution < 1.29 is 19.0 Å². The largest absolute Gasteiger partial charge is 0.481 e. The summed E-state index contributed by atoms with van der Waals surface area (Å²) in [7, 11) is 0. The van der Waals surface area contributed by atoms with Gasteiger partial charge in [0.1, 0.15) is 5.75 Å². The highest BCUT2D eigenvalue weighted by atomic mass is 32.1. The predicted molar refractivity (Wildman–Crippen MR) is 131 cm³/mol. The fourth-order valence-corrected chi connectivity index (χ4v) is 4.40. The topological polar surface area (TPSA) is 99.9 Å².